The molecule has 21 heavy (non-hydrogen) atoms. The van der Waals surface area contributed by atoms with Gasteiger partial charge in [0, 0.05) is 30.4 Å². The Kier molecular flexibility index (Phi) is 4.20. The molecule has 0 saturated carbocycles. The molecule has 3 rings (SSSR count). The molecule has 1 aliphatic rings. The number of hydrogen-bond donors (Lipinski definition) is 1. The fraction of sp³-hybridized carbons (Fsp3) is 0.500. The van der Waals surface area contributed by atoms with E-state index in [2.05, 4.69) is 46.4 Å². The molecule has 2 heterocycles. The molecule has 1 saturated heterocycles. The topological polar surface area (TPSA) is 54.2 Å². The van der Waals surface area contributed by atoms with Gasteiger partial charge in [-0.05, 0) is 44.0 Å². The zero-order chi connectivity index (χ0) is 14.7. The molecular formula is C16H22N4O. The van der Waals surface area contributed by atoms with Crippen LogP contribution in [-0.2, 0) is 0 Å². The fourth-order valence-electron chi connectivity index (χ4n) is 2.82. The molecule has 0 radical (unpaired) electrons. The summed E-state index contributed by atoms with van der Waals surface area (Å²) in [7, 11) is 0. The van der Waals surface area contributed by atoms with E-state index in [1.165, 1.54) is 43.6 Å². The van der Waals surface area contributed by atoms with Crippen LogP contribution in [0.4, 0.5) is 5.69 Å². The summed E-state index contributed by atoms with van der Waals surface area (Å²) >= 11 is 0. The molecule has 0 unspecified atom stereocenters. The average Bonchev–Trinajstić information content (AvgIpc) is 3.04. The molecule has 0 bridgehead atoms. The zero-order valence-electron chi connectivity index (χ0n) is 12.7. The van der Waals surface area contributed by atoms with Crippen LogP contribution in [0.5, 0.6) is 0 Å². The van der Waals surface area contributed by atoms with Gasteiger partial charge < -0.3 is 14.6 Å². The highest BCUT2D eigenvalue weighted by atomic mass is 16.4. The lowest BCUT2D eigenvalue weighted by molar-refractivity contribution is 0.229. The third-order valence-corrected chi connectivity index (χ3v) is 4.24. The first-order valence-electron chi connectivity index (χ1n) is 7.62. The number of nitrogens with one attached hydrogen (secondary N) is 1. The lowest BCUT2D eigenvalue weighted by atomic mass is 10.0. The standard InChI is InChI=1S/C16H22N4O/c1-3-20-8-6-14(7-9-20)18-15-10-13(5-4-12(15)2)16-19-17-11-21-16/h4-5,10-11,14,18H,3,6-9H2,1-2H3. The number of nitrogens with zero attached hydrogens (tertiary/aromatic N) is 3. The molecule has 5 heteroatoms. The van der Waals surface area contributed by atoms with Crippen molar-refractivity contribution in [3.05, 3.63) is 30.2 Å². The quantitative estimate of drug-likeness (QED) is 0.936. The Morgan fingerprint density at radius 2 is 2.14 bits per heavy atom. The van der Waals surface area contributed by atoms with Gasteiger partial charge in [-0.2, -0.15) is 0 Å². The number of aryl methyl sites for hydroxylation is 1. The van der Waals surface area contributed by atoms with Crippen molar-refractivity contribution in [3.63, 3.8) is 0 Å². The molecule has 1 fully saturated rings. The van der Waals surface area contributed by atoms with Crippen LogP contribution in [0, 0.1) is 6.92 Å². The Morgan fingerprint density at radius 1 is 1.33 bits per heavy atom. The van der Waals surface area contributed by atoms with Gasteiger partial charge in [0.05, 0.1) is 0 Å². The van der Waals surface area contributed by atoms with Crippen molar-refractivity contribution in [1.82, 2.24) is 15.1 Å². The average molecular weight is 286 g/mol. The maximum Gasteiger partial charge on any atom is 0.247 e. The molecule has 1 aromatic heterocycles. The van der Waals surface area contributed by atoms with E-state index in [0.29, 0.717) is 11.9 Å². The summed E-state index contributed by atoms with van der Waals surface area (Å²) in [5.74, 6) is 0.568. The van der Waals surface area contributed by atoms with E-state index in [9.17, 15) is 0 Å². The van der Waals surface area contributed by atoms with Crippen LogP contribution in [0.1, 0.15) is 25.3 Å². The second kappa shape index (κ2) is 6.26. The molecule has 1 N–H and O–H groups in total. The normalized spacial score (nSPS) is 17.0. The number of hydrogen-bond acceptors (Lipinski definition) is 5. The van der Waals surface area contributed by atoms with Crippen molar-refractivity contribution < 1.29 is 4.42 Å². The van der Waals surface area contributed by atoms with Crippen LogP contribution in [0.25, 0.3) is 11.5 Å². The van der Waals surface area contributed by atoms with Gasteiger partial charge >= 0.3 is 0 Å². The van der Waals surface area contributed by atoms with Crippen molar-refractivity contribution in [2.24, 2.45) is 0 Å². The summed E-state index contributed by atoms with van der Waals surface area (Å²) in [6.45, 7) is 7.86. The molecule has 1 aliphatic heterocycles. The number of benzene rings is 1. The highest BCUT2D eigenvalue weighted by molar-refractivity contribution is 5.64. The van der Waals surface area contributed by atoms with Gasteiger partial charge in [-0.3, -0.25) is 0 Å². The SMILES string of the molecule is CCN1CCC(Nc2cc(-c3nnco3)ccc2C)CC1. The van der Waals surface area contributed by atoms with Crippen LogP contribution < -0.4 is 5.32 Å². The maximum absolute atomic E-state index is 5.28. The van der Waals surface area contributed by atoms with Gasteiger partial charge in [0.2, 0.25) is 12.3 Å². The summed E-state index contributed by atoms with van der Waals surface area (Å²) < 4.78 is 5.28. The molecular weight excluding hydrogens is 264 g/mol. The second-order valence-corrected chi connectivity index (χ2v) is 5.63. The van der Waals surface area contributed by atoms with Crippen molar-refractivity contribution in [2.45, 2.75) is 32.7 Å². The summed E-state index contributed by atoms with van der Waals surface area (Å²) in [6, 6.07) is 6.77. The maximum atomic E-state index is 5.28. The van der Waals surface area contributed by atoms with Crippen LogP contribution in [0.15, 0.2) is 29.0 Å². The van der Waals surface area contributed by atoms with E-state index in [1.807, 2.05) is 6.07 Å². The van der Waals surface area contributed by atoms with Gasteiger partial charge in [-0.1, -0.05) is 13.0 Å². The van der Waals surface area contributed by atoms with E-state index in [1.54, 1.807) is 0 Å². The third-order valence-electron chi connectivity index (χ3n) is 4.24. The number of likely N-dealkylation sites (tertiary alicyclic amines) is 1. The molecule has 1 aromatic carbocycles. The molecule has 0 atom stereocenters. The second-order valence-electron chi connectivity index (χ2n) is 5.63. The summed E-state index contributed by atoms with van der Waals surface area (Å²) in [4.78, 5) is 2.50. The van der Waals surface area contributed by atoms with E-state index >= 15 is 0 Å². The lowest BCUT2D eigenvalue weighted by Crippen LogP contribution is -2.38. The van der Waals surface area contributed by atoms with E-state index < -0.39 is 0 Å². The summed E-state index contributed by atoms with van der Waals surface area (Å²) in [5, 5.41) is 11.4. The summed E-state index contributed by atoms with van der Waals surface area (Å²) in [5.41, 5.74) is 3.38. The Labute approximate surface area is 125 Å². The predicted octanol–water partition coefficient (Wildman–Crippen LogP) is 2.94. The Morgan fingerprint density at radius 3 is 2.81 bits per heavy atom. The number of rotatable bonds is 4. The molecule has 2 aromatic rings. The van der Waals surface area contributed by atoms with Crippen LogP contribution in [0.3, 0.4) is 0 Å². The first-order chi connectivity index (χ1) is 10.3. The molecule has 5 nitrogen and oxygen atoms in total. The van der Waals surface area contributed by atoms with Gasteiger partial charge in [-0.25, -0.2) is 0 Å². The molecule has 112 valence electrons. The Hall–Kier alpha value is -1.88. The minimum absolute atomic E-state index is 0.546. The lowest BCUT2D eigenvalue weighted by Gasteiger charge is -2.32. The van der Waals surface area contributed by atoms with Crippen LogP contribution >= 0.6 is 0 Å². The fourth-order valence-corrected chi connectivity index (χ4v) is 2.82. The first-order valence-corrected chi connectivity index (χ1v) is 7.62. The third kappa shape index (κ3) is 3.24. The Balaban J connectivity index is 1.72. The molecule has 0 aliphatic carbocycles. The molecule has 0 amide bonds. The van der Waals surface area contributed by atoms with Crippen molar-refractivity contribution in [3.8, 4) is 11.5 Å². The van der Waals surface area contributed by atoms with E-state index in [4.69, 9.17) is 4.42 Å². The largest absolute Gasteiger partial charge is 0.423 e. The van der Waals surface area contributed by atoms with Crippen LogP contribution in [-0.4, -0.2) is 40.8 Å². The number of anilines is 1. The summed E-state index contributed by atoms with van der Waals surface area (Å²) in [6.07, 6.45) is 3.75. The van der Waals surface area contributed by atoms with E-state index in [-0.39, 0.29) is 0 Å². The minimum Gasteiger partial charge on any atom is -0.423 e. The van der Waals surface area contributed by atoms with Gasteiger partial charge in [-0.15, -0.1) is 10.2 Å². The van der Waals surface area contributed by atoms with Gasteiger partial charge in [0.15, 0.2) is 0 Å². The smallest absolute Gasteiger partial charge is 0.247 e. The highest BCUT2D eigenvalue weighted by Gasteiger charge is 2.18. The Bertz CT molecular complexity index is 574. The number of aromatic nitrogens is 2. The zero-order valence-corrected chi connectivity index (χ0v) is 12.7. The first kappa shape index (κ1) is 14.1. The van der Waals surface area contributed by atoms with Crippen molar-refractivity contribution in [2.75, 3.05) is 25.0 Å². The van der Waals surface area contributed by atoms with E-state index in [0.717, 1.165) is 12.1 Å². The highest BCUT2D eigenvalue weighted by Crippen LogP contribution is 2.26. The molecule has 0 spiro atoms. The van der Waals surface area contributed by atoms with Crippen molar-refractivity contribution in [1.29, 1.82) is 0 Å². The minimum atomic E-state index is 0.546. The van der Waals surface area contributed by atoms with Crippen LogP contribution in [0.2, 0.25) is 0 Å². The van der Waals surface area contributed by atoms with Gasteiger partial charge in [0.25, 0.3) is 0 Å². The van der Waals surface area contributed by atoms with Crippen molar-refractivity contribution >= 4 is 5.69 Å². The predicted molar refractivity (Wildman–Crippen MR) is 83.2 cm³/mol. The number of piperidine rings is 1. The monoisotopic (exact) mass is 286 g/mol. The van der Waals surface area contributed by atoms with Gasteiger partial charge in [0.1, 0.15) is 0 Å².